The standard InChI is InChI=1S/C22H22N4O2/c1-13-7-5-6-8-17(13)24-21-20(16-9-10-18(27)19(12-16)28-4)25-22-23-14(2)11-15(3)26(21)22/h5-12,24,27H,1-4H3. The lowest BCUT2D eigenvalue weighted by Crippen LogP contribution is -2.02. The fourth-order valence-electron chi connectivity index (χ4n) is 3.36. The molecule has 28 heavy (non-hydrogen) atoms. The molecule has 0 amide bonds. The number of benzene rings is 2. The zero-order valence-corrected chi connectivity index (χ0v) is 16.3. The number of aryl methyl sites for hydroxylation is 3. The number of rotatable bonds is 4. The molecule has 4 aromatic rings. The fourth-order valence-corrected chi connectivity index (χ4v) is 3.36. The molecule has 0 spiro atoms. The van der Waals surface area contributed by atoms with Gasteiger partial charge in [-0.2, -0.15) is 0 Å². The number of ether oxygens (including phenoxy) is 1. The summed E-state index contributed by atoms with van der Waals surface area (Å²) in [7, 11) is 1.53. The van der Waals surface area contributed by atoms with Crippen LogP contribution in [-0.4, -0.2) is 26.6 Å². The minimum Gasteiger partial charge on any atom is -0.504 e. The van der Waals surface area contributed by atoms with Crippen LogP contribution in [0.2, 0.25) is 0 Å². The molecule has 0 unspecified atom stereocenters. The van der Waals surface area contributed by atoms with Gasteiger partial charge in [0.25, 0.3) is 0 Å². The van der Waals surface area contributed by atoms with Gasteiger partial charge in [0.15, 0.2) is 11.5 Å². The van der Waals surface area contributed by atoms with E-state index in [4.69, 9.17) is 9.72 Å². The van der Waals surface area contributed by atoms with Crippen LogP contribution in [-0.2, 0) is 0 Å². The Bertz CT molecular complexity index is 1180. The molecule has 6 heteroatoms. The number of methoxy groups -OCH3 is 1. The molecule has 2 aromatic carbocycles. The van der Waals surface area contributed by atoms with Crippen molar-refractivity contribution in [3.05, 3.63) is 65.5 Å². The first-order valence-corrected chi connectivity index (χ1v) is 9.04. The quantitative estimate of drug-likeness (QED) is 0.538. The van der Waals surface area contributed by atoms with Crippen LogP contribution in [0.3, 0.4) is 0 Å². The highest BCUT2D eigenvalue weighted by Gasteiger charge is 2.19. The number of phenolic OH excluding ortho intramolecular Hbond substituents is 1. The van der Waals surface area contributed by atoms with E-state index in [0.717, 1.165) is 39.7 Å². The van der Waals surface area contributed by atoms with Crippen molar-refractivity contribution in [2.75, 3.05) is 12.4 Å². The van der Waals surface area contributed by atoms with Gasteiger partial charge in [-0.1, -0.05) is 18.2 Å². The first-order valence-electron chi connectivity index (χ1n) is 9.04. The molecule has 6 nitrogen and oxygen atoms in total. The SMILES string of the molecule is COc1cc(-c2nc3nc(C)cc(C)n3c2Nc2ccccc2C)ccc1O. The van der Waals surface area contributed by atoms with E-state index >= 15 is 0 Å². The number of aromatic nitrogens is 3. The van der Waals surface area contributed by atoms with Gasteiger partial charge in [-0.3, -0.25) is 4.40 Å². The molecule has 4 rings (SSSR count). The maximum absolute atomic E-state index is 9.96. The molecule has 0 bridgehead atoms. The summed E-state index contributed by atoms with van der Waals surface area (Å²) in [5, 5.41) is 13.5. The largest absolute Gasteiger partial charge is 0.504 e. The number of aromatic hydroxyl groups is 1. The van der Waals surface area contributed by atoms with Gasteiger partial charge in [0.05, 0.1) is 7.11 Å². The first kappa shape index (κ1) is 17.9. The van der Waals surface area contributed by atoms with Crippen LogP contribution in [0.5, 0.6) is 11.5 Å². The Hall–Kier alpha value is -3.54. The lowest BCUT2D eigenvalue weighted by atomic mass is 10.1. The molecule has 2 aromatic heterocycles. The molecule has 142 valence electrons. The molecule has 2 heterocycles. The van der Waals surface area contributed by atoms with Crippen molar-refractivity contribution in [3.63, 3.8) is 0 Å². The van der Waals surface area contributed by atoms with E-state index in [-0.39, 0.29) is 5.75 Å². The number of hydrogen-bond donors (Lipinski definition) is 2. The highest BCUT2D eigenvalue weighted by molar-refractivity contribution is 5.81. The fraction of sp³-hybridized carbons (Fsp3) is 0.182. The number of nitrogens with zero attached hydrogens (tertiary/aromatic N) is 3. The third kappa shape index (κ3) is 3.03. The summed E-state index contributed by atoms with van der Waals surface area (Å²) in [6.45, 7) is 6.05. The molecule has 2 N–H and O–H groups in total. The van der Waals surface area contributed by atoms with Crippen molar-refractivity contribution in [1.82, 2.24) is 14.4 Å². The van der Waals surface area contributed by atoms with Gasteiger partial charge < -0.3 is 15.2 Å². The van der Waals surface area contributed by atoms with Gasteiger partial charge in [-0.05, 0) is 56.7 Å². The summed E-state index contributed by atoms with van der Waals surface area (Å²) in [6, 6.07) is 15.3. The van der Waals surface area contributed by atoms with E-state index in [0.29, 0.717) is 11.5 Å². The van der Waals surface area contributed by atoms with Gasteiger partial charge in [0.2, 0.25) is 5.78 Å². The van der Waals surface area contributed by atoms with E-state index in [1.807, 2.05) is 48.6 Å². The van der Waals surface area contributed by atoms with Gasteiger partial charge in [0.1, 0.15) is 11.5 Å². The van der Waals surface area contributed by atoms with Crippen molar-refractivity contribution >= 4 is 17.3 Å². The predicted molar refractivity (Wildman–Crippen MR) is 111 cm³/mol. The van der Waals surface area contributed by atoms with Gasteiger partial charge in [0, 0.05) is 22.6 Å². The van der Waals surface area contributed by atoms with E-state index < -0.39 is 0 Å². The van der Waals surface area contributed by atoms with E-state index in [1.54, 1.807) is 12.1 Å². The number of imidazole rings is 1. The lowest BCUT2D eigenvalue weighted by Gasteiger charge is -2.13. The highest BCUT2D eigenvalue weighted by atomic mass is 16.5. The van der Waals surface area contributed by atoms with E-state index in [2.05, 4.69) is 23.3 Å². The van der Waals surface area contributed by atoms with Gasteiger partial charge in [-0.15, -0.1) is 0 Å². The smallest absolute Gasteiger partial charge is 0.236 e. The number of anilines is 2. The van der Waals surface area contributed by atoms with Crippen LogP contribution >= 0.6 is 0 Å². The topological polar surface area (TPSA) is 71.7 Å². The van der Waals surface area contributed by atoms with Crippen molar-refractivity contribution in [1.29, 1.82) is 0 Å². The molecular formula is C22H22N4O2. The Morgan fingerprint density at radius 2 is 1.79 bits per heavy atom. The number of nitrogens with one attached hydrogen (secondary N) is 1. The van der Waals surface area contributed by atoms with Gasteiger partial charge in [-0.25, -0.2) is 9.97 Å². The second-order valence-electron chi connectivity index (χ2n) is 6.81. The highest BCUT2D eigenvalue weighted by Crippen LogP contribution is 2.36. The second-order valence-corrected chi connectivity index (χ2v) is 6.81. The molecule has 0 saturated carbocycles. The number of fused-ring (bicyclic) bond motifs is 1. The Kier molecular flexibility index (Phi) is 4.39. The lowest BCUT2D eigenvalue weighted by molar-refractivity contribution is 0.373. The molecule has 0 radical (unpaired) electrons. The van der Waals surface area contributed by atoms with E-state index in [9.17, 15) is 5.11 Å². The number of phenols is 1. The monoisotopic (exact) mass is 374 g/mol. The van der Waals surface area contributed by atoms with Crippen molar-refractivity contribution in [2.24, 2.45) is 0 Å². The van der Waals surface area contributed by atoms with Gasteiger partial charge >= 0.3 is 0 Å². The molecule has 0 atom stereocenters. The third-order valence-electron chi connectivity index (χ3n) is 4.76. The number of hydrogen-bond acceptors (Lipinski definition) is 5. The maximum Gasteiger partial charge on any atom is 0.236 e. The predicted octanol–water partition coefficient (Wildman–Crippen LogP) is 4.78. The third-order valence-corrected chi connectivity index (χ3v) is 4.76. The number of para-hydroxylation sites is 1. The van der Waals surface area contributed by atoms with Crippen LogP contribution in [0.15, 0.2) is 48.5 Å². The minimum absolute atomic E-state index is 0.0913. The second kappa shape index (κ2) is 6.88. The first-order chi connectivity index (χ1) is 13.5. The molecule has 0 aliphatic carbocycles. The Morgan fingerprint density at radius 1 is 1.00 bits per heavy atom. The molecule has 0 aliphatic rings. The van der Waals surface area contributed by atoms with E-state index in [1.165, 1.54) is 7.11 Å². The Balaban J connectivity index is 1.97. The Morgan fingerprint density at radius 3 is 2.54 bits per heavy atom. The zero-order chi connectivity index (χ0) is 19.8. The van der Waals surface area contributed by atoms with Crippen LogP contribution in [0, 0.1) is 20.8 Å². The van der Waals surface area contributed by atoms with Crippen molar-refractivity contribution < 1.29 is 9.84 Å². The molecule has 0 fully saturated rings. The minimum atomic E-state index is 0.0913. The summed E-state index contributed by atoms with van der Waals surface area (Å²) < 4.78 is 7.29. The summed E-state index contributed by atoms with van der Waals surface area (Å²) >= 11 is 0. The normalized spacial score (nSPS) is 11.0. The summed E-state index contributed by atoms with van der Waals surface area (Å²) in [4.78, 5) is 9.39. The molecule has 0 saturated heterocycles. The average molecular weight is 374 g/mol. The van der Waals surface area contributed by atoms with Crippen LogP contribution < -0.4 is 10.1 Å². The van der Waals surface area contributed by atoms with Crippen LogP contribution in [0.1, 0.15) is 17.0 Å². The average Bonchev–Trinajstić information content (AvgIpc) is 3.02. The molecular weight excluding hydrogens is 352 g/mol. The Labute approximate surface area is 163 Å². The summed E-state index contributed by atoms with van der Waals surface area (Å²) in [5.41, 5.74) is 5.63. The maximum atomic E-state index is 9.96. The van der Waals surface area contributed by atoms with Crippen molar-refractivity contribution in [2.45, 2.75) is 20.8 Å². The van der Waals surface area contributed by atoms with Crippen LogP contribution in [0.25, 0.3) is 17.0 Å². The van der Waals surface area contributed by atoms with Crippen molar-refractivity contribution in [3.8, 4) is 22.8 Å². The summed E-state index contributed by atoms with van der Waals surface area (Å²) in [6.07, 6.45) is 0. The summed E-state index contributed by atoms with van der Waals surface area (Å²) in [5.74, 6) is 1.93. The van der Waals surface area contributed by atoms with Crippen LogP contribution in [0.4, 0.5) is 11.5 Å². The molecule has 0 aliphatic heterocycles. The zero-order valence-electron chi connectivity index (χ0n) is 16.3.